The van der Waals surface area contributed by atoms with Gasteiger partial charge in [0.2, 0.25) is 0 Å². The Hall–Kier alpha value is -3.03. The molecular formula is C23H26N4O3. The highest BCUT2D eigenvalue weighted by Crippen LogP contribution is 2.35. The standard InChI is InChI=1S/C23H26N4O3/c1-2-29-15-30-21-12-16(14-28)9-10-20(21)22-18-7-3-4-8-19(18)23(27-26-22)25-17-6-5-11-24-13-17/h3-4,7-10,12,14,17,24H,2,5-6,11,13,15H2,1H3,(H,25,27)/t17-/m1/s1. The molecule has 7 nitrogen and oxygen atoms in total. The van der Waals surface area contributed by atoms with E-state index in [1.165, 1.54) is 0 Å². The van der Waals surface area contributed by atoms with Crippen LogP contribution in [0.2, 0.25) is 0 Å². The lowest BCUT2D eigenvalue weighted by molar-refractivity contribution is 0.0227. The summed E-state index contributed by atoms with van der Waals surface area (Å²) in [7, 11) is 0. The molecule has 1 fully saturated rings. The number of aromatic nitrogens is 2. The van der Waals surface area contributed by atoms with Crippen LogP contribution in [0.5, 0.6) is 5.75 Å². The lowest BCUT2D eigenvalue weighted by atomic mass is 10.0. The van der Waals surface area contributed by atoms with Crippen molar-refractivity contribution in [2.45, 2.75) is 25.8 Å². The number of rotatable bonds is 8. The van der Waals surface area contributed by atoms with Crippen LogP contribution in [-0.4, -0.2) is 49.0 Å². The predicted molar refractivity (Wildman–Crippen MR) is 117 cm³/mol. The summed E-state index contributed by atoms with van der Waals surface area (Å²) in [6, 6.07) is 13.7. The van der Waals surface area contributed by atoms with Gasteiger partial charge in [0.1, 0.15) is 17.7 Å². The molecule has 2 heterocycles. The first-order valence-electron chi connectivity index (χ1n) is 10.3. The molecule has 3 aromatic rings. The number of nitrogens with one attached hydrogen (secondary N) is 2. The number of aldehydes is 1. The number of anilines is 1. The van der Waals surface area contributed by atoms with Crippen LogP contribution in [0.25, 0.3) is 22.0 Å². The van der Waals surface area contributed by atoms with Gasteiger partial charge in [-0.1, -0.05) is 30.3 Å². The molecule has 156 valence electrons. The fourth-order valence-corrected chi connectivity index (χ4v) is 3.69. The van der Waals surface area contributed by atoms with E-state index in [1.807, 2.05) is 37.3 Å². The predicted octanol–water partition coefficient (Wildman–Crippen LogP) is 3.65. The second-order valence-corrected chi connectivity index (χ2v) is 7.26. The van der Waals surface area contributed by atoms with E-state index in [9.17, 15) is 4.79 Å². The van der Waals surface area contributed by atoms with Crippen molar-refractivity contribution in [3.63, 3.8) is 0 Å². The number of nitrogens with zero attached hydrogens (tertiary/aromatic N) is 2. The first kappa shape index (κ1) is 20.3. The van der Waals surface area contributed by atoms with Gasteiger partial charge in [-0.05, 0) is 38.4 Å². The summed E-state index contributed by atoms with van der Waals surface area (Å²) < 4.78 is 11.1. The van der Waals surface area contributed by atoms with Crippen molar-refractivity contribution >= 4 is 22.9 Å². The fourth-order valence-electron chi connectivity index (χ4n) is 3.69. The van der Waals surface area contributed by atoms with Gasteiger partial charge in [0.15, 0.2) is 12.6 Å². The first-order chi connectivity index (χ1) is 14.8. The lowest BCUT2D eigenvalue weighted by Gasteiger charge is -2.24. The Balaban J connectivity index is 1.74. The summed E-state index contributed by atoms with van der Waals surface area (Å²) in [6.07, 6.45) is 3.05. The van der Waals surface area contributed by atoms with Gasteiger partial charge in [0.05, 0.1) is 0 Å². The van der Waals surface area contributed by atoms with Crippen LogP contribution >= 0.6 is 0 Å². The minimum absolute atomic E-state index is 0.103. The van der Waals surface area contributed by atoms with Crippen molar-refractivity contribution in [1.82, 2.24) is 15.5 Å². The highest BCUT2D eigenvalue weighted by atomic mass is 16.7. The van der Waals surface area contributed by atoms with Crippen LogP contribution in [0, 0.1) is 0 Å². The van der Waals surface area contributed by atoms with Gasteiger partial charge < -0.3 is 20.1 Å². The molecule has 4 rings (SSSR count). The Bertz CT molecular complexity index is 1020. The Morgan fingerprint density at radius 3 is 2.83 bits per heavy atom. The van der Waals surface area contributed by atoms with Crippen molar-refractivity contribution in [1.29, 1.82) is 0 Å². The molecule has 0 unspecified atom stereocenters. The van der Waals surface area contributed by atoms with Gasteiger partial charge >= 0.3 is 0 Å². The Kier molecular flexibility index (Phi) is 6.51. The van der Waals surface area contributed by atoms with Crippen LogP contribution in [0.3, 0.4) is 0 Å². The minimum Gasteiger partial charge on any atom is -0.467 e. The SMILES string of the molecule is CCOCOc1cc(C=O)ccc1-c1nnc(N[C@@H]2CCCNC2)c2ccccc12. The third kappa shape index (κ3) is 4.42. The van der Waals surface area contributed by atoms with Gasteiger partial charge in [-0.3, -0.25) is 4.79 Å². The maximum absolute atomic E-state index is 11.3. The van der Waals surface area contributed by atoms with Crippen LogP contribution < -0.4 is 15.4 Å². The topological polar surface area (TPSA) is 85.4 Å². The summed E-state index contributed by atoms with van der Waals surface area (Å²) in [5.41, 5.74) is 2.02. The molecule has 0 spiro atoms. The molecule has 1 saturated heterocycles. The van der Waals surface area contributed by atoms with E-state index in [4.69, 9.17) is 9.47 Å². The van der Waals surface area contributed by atoms with E-state index in [0.717, 1.165) is 54.4 Å². The van der Waals surface area contributed by atoms with E-state index in [0.29, 0.717) is 29.7 Å². The quantitative estimate of drug-likeness (QED) is 0.335. The molecule has 30 heavy (non-hydrogen) atoms. The van der Waals surface area contributed by atoms with Crippen molar-refractivity contribution in [3.05, 3.63) is 48.0 Å². The average molecular weight is 406 g/mol. The Morgan fingerprint density at radius 1 is 1.20 bits per heavy atom. The first-order valence-corrected chi connectivity index (χ1v) is 10.3. The third-order valence-electron chi connectivity index (χ3n) is 5.22. The monoisotopic (exact) mass is 406 g/mol. The zero-order chi connectivity index (χ0) is 20.8. The zero-order valence-corrected chi connectivity index (χ0v) is 17.1. The molecule has 0 radical (unpaired) electrons. The van der Waals surface area contributed by atoms with E-state index < -0.39 is 0 Å². The van der Waals surface area contributed by atoms with Gasteiger partial charge in [0.25, 0.3) is 0 Å². The van der Waals surface area contributed by atoms with Crippen LogP contribution in [-0.2, 0) is 4.74 Å². The van der Waals surface area contributed by atoms with E-state index >= 15 is 0 Å². The minimum atomic E-state index is 0.103. The molecular weight excluding hydrogens is 380 g/mol. The summed E-state index contributed by atoms with van der Waals surface area (Å²) in [5, 5.41) is 18.0. The van der Waals surface area contributed by atoms with Gasteiger partial charge in [-0.25, -0.2) is 0 Å². The molecule has 1 aliphatic rings. The van der Waals surface area contributed by atoms with Crippen molar-refractivity contribution in [3.8, 4) is 17.0 Å². The molecule has 1 aromatic heterocycles. The Morgan fingerprint density at radius 2 is 2.07 bits per heavy atom. The molecule has 7 heteroatoms. The van der Waals surface area contributed by atoms with Crippen molar-refractivity contribution < 1.29 is 14.3 Å². The number of ether oxygens (including phenoxy) is 2. The van der Waals surface area contributed by atoms with E-state index in [1.54, 1.807) is 12.1 Å². The molecule has 0 bridgehead atoms. The van der Waals surface area contributed by atoms with Gasteiger partial charge in [-0.2, -0.15) is 0 Å². The molecule has 0 saturated carbocycles. The summed E-state index contributed by atoms with van der Waals surface area (Å²) in [5.74, 6) is 1.33. The molecule has 2 aromatic carbocycles. The zero-order valence-electron chi connectivity index (χ0n) is 17.1. The smallest absolute Gasteiger partial charge is 0.189 e. The highest BCUT2D eigenvalue weighted by Gasteiger charge is 2.18. The fraction of sp³-hybridized carbons (Fsp3) is 0.348. The normalized spacial score (nSPS) is 16.4. The second kappa shape index (κ2) is 9.65. The number of hydrogen-bond acceptors (Lipinski definition) is 7. The van der Waals surface area contributed by atoms with Gasteiger partial charge in [-0.15, -0.1) is 10.2 Å². The Labute approximate surface area is 175 Å². The third-order valence-corrected chi connectivity index (χ3v) is 5.22. The number of carbonyl (C=O) groups excluding carboxylic acids is 1. The maximum atomic E-state index is 11.3. The maximum Gasteiger partial charge on any atom is 0.189 e. The molecule has 0 aliphatic carbocycles. The highest BCUT2D eigenvalue weighted by molar-refractivity contribution is 6.01. The van der Waals surface area contributed by atoms with E-state index in [2.05, 4.69) is 20.8 Å². The number of carbonyl (C=O) groups is 1. The average Bonchev–Trinajstić information content (AvgIpc) is 2.80. The van der Waals surface area contributed by atoms with E-state index in [-0.39, 0.29) is 6.79 Å². The number of hydrogen-bond donors (Lipinski definition) is 2. The number of benzene rings is 2. The van der Waals surface area contributed by atoms with Crippen LogP contribution in [0.4, 0.5) is 5.82 Å². The molecule has 1 aliphatic heterocycles. The van der Waals surface area contributed by atoms with Crippen molar-refractivity contribution in [2.75, 3.05) is 31.8 Å². The summed E-state index contributed by atoms with van der Waals surface area (Å²) >= 11 is 0. The largest absolute Gasteiger partial charge is 0.467 e. The molecule has 2 N–H and O–H groups in total. The summed E-state index contributed by atoms with van der Waals surface area (Å²) in [4.78, 5) is 11.3. The molecule has 1 atom stereocenters. The molecule has 0 amide bonds. The number of piperidine rings is 1. The summed E-state index contributed by atoms with van der Waals surface area (Å²) in [6.45, 7) is 4.52. The lowest BCUT2D eigenvalue weighted by Crippen LogP contribution is -2.38. The van der Waals surface area contributed by atoms with Gasteiger partial charge in [0, 0.05) is 41.1 Å². The second-order valence-electron chi connectivity index (χ2n) is 7.26. The van der Waals surface area contributed by atoms with Crippen molar-refractivity contribution in [2.24, 2.45) is 0 Å². The van der Waals surface area contributed by atoms with Crippen LogP contribution in [0.1, 0.15) is 30.1 Å². The number of fused-ring (bicyclic) bond motifs is 1. The van der Waals surface area contributed by atoms with Crippen LogP contribution in [0.15, 0.2) is 42.5 Å².